The second-order valence-electron chi connectivity index (χ2n) is 10.9. The molecule has 0 saturated carbocycles. The SMILES string of the molecule is COc1ccc2c(c1)C(=O)N(C[C@@]1(c3ccc(-c4ccc(/C(=N\O)N5CCN(C)CC5)cc4)cc3)NC(=O)NC1=O)C2. The zero-order chi connectivity index (χ0) is 29.4. The Balaban J connectivity index is 1.23. The Kier molecular flexibility index (Phi) is 7.03. The molecule has 3 aromatic carbocycles. The highest BCUT2D eigenvalue weighted by Crippen LogP contribution is 2.33. The van der Waals surface area contributed by atoms with E-state index in [-0.39, 0.29) is 12.5 Å². The number of benzene rings is 3. The van der Waals surface area contributed by atoms with Crippen molar-refractivity contribution in [1.82, 2.24) is 25.3 Å². The molecule has 11 heteroatoms. The molecule has 0 radical (unpaired) electrons. The van der Waals surface area contributed by atoms with E-state index >= 15 is 0 Å². The predicted molar refractivity (Wildman–Crippen MR) is 155 cm³/mol. The number of hydrogen-bond acceptors (Lipinski definition) is 7. The van der Waals surface area contributed by atoms with E-state index in [1.165, 1.54) is 0 Å². The van der Waals surface area contributed by atoms with Crippen LogP contribution >= 0.6 is 0 Å². The van der Waals surface area contributed by atoms with Crippen LogP contribution in [-0.2, 0) is 16.9 Å². The second-order valence-corrected chi connectivity index (χ2v) is 10.9. The van der Waals surface area contributed by atoms with Crippen molar-refractivity contribution in [1.29, 1.82) is 0 Å². The number of fused-ring (bicyclic) bond motifs is 1. The molecule has 0 spiro atoms. The fourth-order valence-electron chi connectivity index (χ4n) is 5.86. The fourth-order valence-corrected chi connectivity index (χ4v) is 5.86. The molecule has 42 heavy (non-hydrogen) atoms. The van der Waals surface area contributed by atoms with E-state index in [0.717, 1.165) is 48.4 Å². The van der Waals surface area contributed by atoms with E-state index in [0.29, 0.717) is 29.3 Å². The van der Waals surface area contributed by atoms with Crippen LogP contribution < -0.4 is 15.4 Å². The largest absolute Gasteiger partial charge is 0.497 e. The van der Waals surface area contributed by atoms with E-state index in [1.807, 2.05) is 42.5 Å². The first-order valence-corrected chi connectivity index (χ1v) is 13.8. The zero-order valence-corrected chi connectivity index (χ0v) is 23.5. The highest BCUT2D eigenvalue weighted by molar-refractivity contribution is 6.08. The van der Waals surface area contributed by atoms with Gasteiger partial charge in [-0.15, -0.1) is 0 Å². The van der Waals surface area contributed by atoms with Crippen molar-refractivity contribution < 1.29 is 24.3 Å². The molecule has 2 saturated heterocycles. The van der Waals surface area contributed by atoms with Crippen LogP contribution in [0.2, 0.25) is 0 Å². The number of oxime groups is 1. The molecule has 6 rings (SSSR count). The minimum Gasteiger partial charge on any atom is -0.497 e. The molecule has 4 amide bonds. The first-order chi connectivity index (χ1) is 20.3. The first kappa shape index (κ1) is 27.3. The molecule has 3 aliphatic heterocycles. The van der Waals surface area contributed by atoms with Crippen LogP contribution in [0.5, 0.6) is 5.75 Å². The van der Waals surface area contributed by atoms with Gasteiger partial charge in [-0.1, -0.05) is 59.8 Å². The number of urea groups is 1. The Morgan fingerprint density at radius 2 is 1.62 bits per heavy atom. The maximum absolute atomic E-state index is 13.3. The Bertz CT molecular complexity index is 1560. The summed E-state index contributed by atoms with van der Waals surface area (Å²) in [5.74, 6) is 0.391. The van der Waals surface area contributed by atoms with E-state index in [4.69, 9.17) is 4.74 Å². The normalized spacial score (nSPS) is 20.9. The summed E-state index contributed by atoms with van der Waals surface area (Å²) in [6.07, 6.45) is 0. The minimum atomic E-state index is -1.43. The van der Waals surface area contributed by atoms with Crippen LogP contribution in [0.4, 0.5) is 4.79 Å². The van der Waals surface area contributed by atoms with E-state index < -0.39 is 17.5 Å². The van der Waals surface area contributed by atoms with Gasteiger partial charge in [0.05, 0.1) is 13.7 Å². The number of nitrogens with zero attached hydrogens (tertiary/aromatic N) is 4. The highest BCUT2D eigenvalue weighted by atomic mass is 16.5. The molecule has 1 atom stereocenters. The highest BCUT2D eigenvalue weighted by Gasteiger charge is 2.50. The summed E-state index contributed by atoms with van der Waals surface area (Å²) in [4.78, 5) is 44.7. The molecule has 3 heterocycles. The van der Waals surface area contributed by atoms with E-state index in [2.05, 4.69) is 32.6 Å². The number of imide groups is 1. The minimum absolute atomic E-state index is 0.0238. The molecule has 216 valence electrons. The summed E-state index contributed by atoms with van der Waals surface area (Å²) < 4.78 is 5.27. The number of piperazine rings is 1. The molecule has 0 aromatic heterocycles. The standard InChI is InChI=1S/C31H32N6O5/c1-35-13-15-36(16-14-35)27(34-41)22-5-3-20(4-6-22)21-7-10-24(11-8-21)31(29(39)32-30(40)33-31)19-37-18-23-9-12-25(42-2)17-26(23)28(37)38/h3-12,17,41H,13-16,18-19H2,1-2H3,(H2,32,33,39,40)/b34-27+/t31-/m0/s1. The van der Waals surface area contributed by atoms with Gasteiger partial charge in [0.2, 0.25) is 0 Å². The molecule has 0 unspecified atom stereocenters. The van der Waals surface area contributed by atoms with Crippen molar-refractivity contribution in [2.24, 2.45) is 5.16 Å². The average molecular weight is 569 g/mol. The van der Waals surface area contributed by atoms with Gasteiger partial charge in [0, 0.05) is 43.9 Å². The summed E-state index contributed by atoms with van der Waals surface area (Å²) in [5.41, 5.74) is 3.16. The van der Waals surface area contributed by atoms with Crippen molar-refractivity contribution in [2.75, 3.05) is 46.9 Å². The Morgan fingerprint density at radius 3 is 2.21 bits per heavy atom. The van der Waals surface area contributed by atoms with Crippen molar-refractivity contribution in [3.05, 3.63) is 89.0 Å². The third-order valence-corrected chi connectivity index (χ3v) is 8.32. The van der Waals surface area contributed by atoms with Crippen LogP contribution in [0.1, 0.15) is 27.0 Å². The summed E-state index contributed by atoms with van der Waals surface area (Å²) in [7, 11) is 3.62. The first-order valence-electron chi connectivity index (χ1n) is 13.8. The Hall–Kier alpha value is -4.90. The van der Waals surface area contributed by atoms with Gasteiger partial charge in [0.25, 0.3) is 11.8 Å². The Labute approximate surface area is 243 Å². The topological polar surface area (TPSA) is 127 Å². The summed E-state index contributed by atoms with van der Waals surface area (Å²) >= 11 is 0. The lowest BCUT2D eigenvalue weighted by atomic mass is 9.88. The van der Waals surface area contributed by atoms with Gasteiger partial charge in [0.1, 0.15) is 5.75 Å². The van der Waals surface area contributed by atoms with E-state index in [9.17, 15) is 19.6 Å². The summed E-state index contributed by atoms with van der Waals surface area (Å²) in [6.45, 7) is 3.67. The van der Waals surface area contributed by atoms with Gasteiger partial charge in [-0.3, -0.25) is 14.9 Å². The number of rotatable bonds is 6. The lowest BCUT2D eigenvalue weighted by molar-refractivity contribution is -0.124. The lowest BCUT2D eigenvalue weighted by Gasteiger charge is -2.34. The molecule has 11 nitrogen and oxygen atoms in total. The smallest absolute Gasteiger partial charge is 0.322 e. The molecule has 3 N–H and O–H groups in total. The van der Waals surface area contributed by atoms with E-state index in [1.54, 1.807) is 36.3 Å². The average Bonchev–Trinajstić information content (AvgIpc) is 3.48. The third-order valence-electron chi connectivity index (χ3n) is 8.32. The van der Waals surface area contributed by atoms with Gasteiger partial charge >= 0.3 is 6.03 Å². The number of hydrogen-bond donors (Lipinski definition) is 3. The molecule has 0 aliphatic carbocycles. The van der Waals surface area contributed by atoms with Crippen molar-refractivity contribution in [3.8, 4) is 16.9 Å². The number of amidine groups is 1. The monoisotopic (exact) mass is 568 g/mol. The Morgan fingerprint density at radius 1 is 0.952 bits per heavy atom. The second kappa shape index (κ2) is 10.8. The summed E-state index contributed by atoms with van der Waals surface area (Å²) in [5, 5.41) is 18.4. The van der Waals surface area contributed by atoms with Crippen molar-refractivity contribution in [2.45, 2.75) is 12.1 Å². The number of nitrogens with one attached hydrogen (secondary N) is 2. The molecule has 3 aromatic rings. The molecule has 0 bridgehead atoms. The molecule has 3 aliphatic rings. The molecular formula is C31H32N6O5. The van der Waals surface area contributed by atoms with Crippen LogP contribution in [0.25, 0.3) is 11.1 Å². The van der Waals surface area contributed by atoms with Crippen molar-refractivity contribution in [3.63, 3.8) is 0 Å². The molecular weight excluding hydrogens is 536 g/mol. The maximum Gasteiger partial charge on any atom is 0.322 e. The molecule has 2 fully saturated rings. The lowest BCUT2D eigenvalue weighted by Crippen LogP contribution is -2.52. The predicted octanol–water partition coefficient (Wildman–Crippen LogP) is 2.44. The van der Waals surface area contributed by atoms with Crippen molar-refractivity contribution >= 4 is 23.7 Å². The van der Waals surface area contributed by atoms with Gasteiger partial charge < -0.3 is 30.0 Å². The number of ether oxygens (including phenoxy) is 1. The number of amides is 4. The maximum atomic E-state index is 13.3. The quantitative estimate of drug-likeness (QED) is 0.137. The van der Waals surface area contributed by atoms with Crippen LogP contribution in [0, 0.1) is 0 Å². The van der Waals surface area contributed by atoms with Gasteiger partial charge in [-0.25, -0.2) is 4.79 Å². The number of methoxy groups -OCH3 is 1. The van der Waals surface area contributed by atoms with Crippen LogP contribution in [-0.4, -0.2) is 90.5 Å². The van der Waals surface area contributed by atoms with Gasteiger partial charge in [0.15, 0.2) is 11.4 Å². The van der Waals surface area contributed by atoms with Crippen LogP contribution in [0.15, 0.2) is 71.9 Å². The fraction of sp³-hybridized carbons (Fsp3) is 0.290. The van der Waals surface area contributed by atoms with Gasteiger partial charge in [-0.2, -0.15) is 0 Å². The number of carbonyl (C=O) groups is 3. The zero-order valence-electron chi connectivity index (χ0n) is 23.5. The summed E-state index contributed by atoms with van der Waals surface area (Å²) in [6, 6.07) is 19.9. The van der Waals surface area contributed by atoms with Crippen LogP contribution in [0.3, 0.4) is 0 Å². The number of carbonyl (C=O) groups excluding carboxylic acids is 3. The number of likely N-dealkylation sites (N-methyl/N-ethyl adjacent to an activating group) is 1. The van der Waals surface area contributed by atoms with Gasteiger partial charge in [-0.05, 0) is 41.4 Å². The third kappa shape index (κ3) is 4.81.